The summed E-state index contributed by atoms with van der Waals surface area (Å²) in [6, 6.07) is 26.5. The van der Waals surface area contributed by atoms with Crippen LogP contribution in [0.25, 0.3) is 0 Å². The van der Waals surface area contributed by atoms with Crippen molar-refractivity contribution in [3.8, 4) is 5.75 Å². The number of amides is 2. The Kier molecular flexibility index (Phi) is 7.08. The Morgan fingerprint density at radius 1 is 0.946 bits per heavy atom. The van der Waals surface area contributed by atoms with Crippen molar-refractivity contribution in [3.05, 3.63) is 118 Å². The molecule has 1 atom stereocenters. The smallest absolute Gasteiger partial charge is 0.259 e. The molecular weight excluding hydrogens is 508 g/mol. The molecule has 0 unspecified atom stereocenters. The third-order valence-corrected chi connectivity index (χ3v) is 7.87. The molecule has 1 N–H and O–H groups in total. The average Bonchev–Trinajstić information content (AvgIpc) is 3.01. The van der Waals surface area contributed by atoms with Crippen LogP contribution in [-0.4, -0.2) is 23.1 Å². The minimum atomic E-state index is -1.61. The number of para-hydroxylation sites is 1. The molecule has 186 valence electrons. The van der Waals surface area contributed by atoms with Crippen molar-refractivity contribution >= 4 is 39.9 Å². The van der Waals surface area contributed by atoms with Gasteiger partial charge in [0.2, 0.25) is 0 Å². The molecular formula is C29H23ClN2O4S. The Morgan fingerprint density at radius 3 is 2.54 bits per heavy atom. The number of nitrogens with one attached hydrogen (secondary N) is 1. The minimum Gasteiger partial charge on any atom is -0.496 e. The third kappa shape index (κ3) is 5.01. The molecule has 0 radical (unpaired) electrons. The number of methoxy groups -OCH3 is 1. The van der Waals surface area contributed by atoms with E-state index in [1.54, 1.807) is 66.6 Å². The zero-order valence-corrected chi connectivity index (χ0v) is 21.5. The van der Waals surface area contributed by atoms with Crippen LogP contribution < -0.4 is 15.0 Å². The first kappa shape index (κ1) is 24.7. The Balaban J connectivity index is 1.53. The number of nitrogens with zero attached hydrogens (tertiary/aromatic N) is 1. The summed E-state index contributed by atoms with van der Waals surface area (Å²) in [5.41, 5.74) is 2.77. The number of hydrogen-bond acceptors (Lipinski definition) is 4. The van der Waals surface area contributed by atoms with E-state index in [9.17, 15) is 13.8 Å². The maximum atomic E-state index is 13.7. The van der Waals surface area contributed by atoms with Gasteiger partial charge in [-0.25, -0.2) is 4.21 Å². The van der Waals surface area contributed by atoms with Crippen LogP contribution in [0.5, 0.6) is 5.75 Å². The first-order chi connectivity index (χ1) is 18.0. The highest BCUT2D eigenvalue weighted by molar-refractivity contribution is 7.85. The standard InChI is InChI=1S/C29H23ClN2O4S/c1-36-25-11-4-2-8-21(25)17-31-28(33)20-13-14-27-24(16-20)32(18-19-7-6-9-22(30)15-19)29(34)23-10-3-5-12-26(23)37(27)35/h2-16H,17-18H2,1H3,(H,31,33)/t37-/m0/s1. The lowest BCUT2D eigenvalue weighted by atomic mass is 10.1. The Labute approximate surface area is 222 Å². The number of benzene rings is 4. The first-order valence-corrected chi connectivity index (χ1v) is 13.1. The third-order valence-electron chi connectivity index (χ3n) is 6.14. The Bertz CT molecular complexity index is 1540. The maximum Gasteiger partial charge on any atom is 0.259 e. The zero-order valence-electron chi connectivity index (χ0n) is 19.9. The molecule has 1 aliphatic heterocycles. The van der Waals surface area contributed by atoms with Crippen LogP contribution in [0.2, 0.25) is 5.02 Å². The quantitative estimate of drug-likeness (QED) is 0.352. The van der Waals surface area contributed by atoms with Gasteiger partial charge in [-0.2, -0.15) is 0 Å². The van der Waals surface area contributed by atoms with Gasteiger partial charge in [-0.3, -0.25) is 9.59 Å². The van der Waals surface area contributed by atoms with Gasteiger partial charge in [-0.1, -0.05) is 54.1 Å². The van der Waals surface area contributed by atoms with Crippen molar-refractivity contribution < 1.29 is 18.5 Å². The number of hydrogen-bond donors (Lipinski definition) is 1. The number of ether oxygens (including phenoxy) is 1. The maximum absolute atomic E-state index is 13.7. The van der Waals surface area contributed by atoms with E-state index < -0.39 is 10.8 Å². The number of anilines is 1. The fraction of sp³-hybridized carbons (Fsp3) is 0.103. The predicted octanol–water partition coefficient (Wildman–Crippen LogP) is 5.61. The number of carbonyl (C=O) groups excluding carboxylic acids is 2. The summed E-state index contributed by atoms with van der Waals surface area (Å²) in [6.07, 6.45) is 0. The van der Waals surface area contributed by atoms with Gasteiger partial charge in [0.05, 0.1) is 45.5 Å². The molecule has 0 saturated carbocycles. The summed E-state index contributed by atoms with van der Waals surface area (Å²) in [6.45, 7) is 0.465. The van der Waals surface area contributed by atoms with Gasteiger partial charge in [0.15, 0.2) is 0 Å². The number of carbonyl (C=O) groups is 2. The molecule has 0 aromatic heterocycles. The van der Waals surface area contributed by atoms with Crippen molar-refractivity contribution in [1.82, 2.24) is 5.32 Å². The molecule has 1 heterocycles. The molecule has 0 fully saturated rings. The molecule has 2 amide bonds. The van der Waals surface area contributed by atoms with Crippen molar-refractivity contribution in [2.75, 3.05) is 12.0 Å². The summed E-state index contributed by atoms with van der Waals surface area (Å²) in [7, 11) is -0.0272. The van der Waals surface area contributed by atoms with Crippen LogP contribution in [0, 0.1) is 0 Å². The van der Waals surface area contributed by atoms with Crippen LogP contribution in [0.3, 0.4) is 0 Å². The zero-order chi connectivity index (χ0) is 25.9. The Hall–Kier alpha value is -3.94. The number of rotatable bonds is 6. The average molecular weight is 531 g/mol. The fourth-order valence-electron chi connectivity index (χ4n) is 4.31. The van der Waals surface area contributed by atoms with E-state index in [1.165, 1.54) is 0 Å². The molecule has 4 aromatic carbocycles. The van der Waals surface area contributed by atoms with E-state index >= 15 is 0 Å². The summed E-state index contributed by atoms with van der Waals surface area (Å²) in [5, 5.41) is 3.46. The molecule has 37 heavy (non-hydrogen) atoms. The lowest BCUT2D eigenvalue weighted by molar-refractivity contribution is 0.0947. The molecule has 0 spiro atoms. The first-order valence-electron chi connectivity index (χ1n) is 11.6. The van der Waals surface area contributed by atoms with Gasteiger partial charge in [0, 0.05) is 22.7 Å². The molecule has 4 aromatic rings. The van der Waals surface area contributed by atoms with Crippen molar-refractivity contribution in [2.45, 2.75) is 22.9 Å². The normalized spacial score (nSPS) is 14.4. The largest absolute Gasteiger partial charge is 0.496 e. The lowest BCUT2D eigenvalue weighted by Gasteiger charge is -2.24. The monoisotopic (exact) mass is 530 g/mol. The van der Waals surface area contributed by atoms with Crippen molar-refractivity contribution in [1.29, 1.82) is 0 Å². The van der Waals surface area contributed by atoms with Crippen molar-refractivity contribution in [3.63, 3.8) is 0 Å². The van der Waals surface area contributed by atoms with E-state index in [0.29, 0.717) is 37.4 Å². The van der Waals surface area contributed by atoms with Gasteiger partial charge in [0.25, 0.3) is 11.8 Å². The fourth-order valence-corrected chi connectivity index (χ4v) is 5.86. The second-order valence-electron chi connectivity index (χ2n) is 8.46. The molecule has 0 aliphatic carbocycles. The van der Waals surface area contributed by atoms with Crippen LogP contribution >= 0.6 is 11.6 Å². The van der Waals surface area contributed by atoms with Gasteiger partial charge in [-0.05, 0) is 54.1 Å². The van der Waals surface area contributed by atoms with Crippen LogP contribution in [0.15, 0.2) is 101 Å². The van der Waals surface area contributed by atoms with Gasteiger partial charge >= 0.3 is 0 Å². The van der Waals surface area contributed by atoms with E-state index in [0.717, 1.165) is 11.1 Å². The minimum absolute atomic E-state index is 0.199. The van der Waals surface area contributed by atoms with E-state index in [4.69, 9.17) is 16.3 Å². The summed E-state index contributed by atoms with van der Waals surface area (Å²) in [4.78, 5) is 29.3. The van der Waals surface area contributed by atoms with Gasteiger partial charge in [-0.15, -0.1) is 0 Å². The van der Waals surface area contributed by atoms with Crippen LogP contribution in [0.1, 0.15) is 31.8 Å². The second-order valence-corrected chi connectivity index (χ2v) is 10.3. The summed E-state index contributed by atoms with van der Waals surface area (Å²) < 4.78 is 19.0. The van der Waals surface area contributed by atoms with Crippen LogP contribution in [-0.2, 0) is 23.9 Å². The summed E-state index contributed by atoms with van der Waals surface area (Å²) >= 11 is 6.20. The molecule has 1 aliphatic rings. The number of halogens is 1. The molecule has 8 heteroatoms. The number of fused-ring (bicyclic) bond motifs is 2. The van der Waals surface area contributed by atoms with Crippen LogP contribution in [0.4, 0.5) is 5.69 Å². The second kappa shape index (κ2) is 10.6. The highest BCUT2D eigenvalue weighted by Gasteiger charge is 2.31. The molecule has 6 nitrogen and oxygen atoms in total. The SMILES string of the molecule is COc1ccccc1CNC(=O)c1ccc2c(c1)N(Cc1cccc(Cl)c1)C(=O)c1ccccc1[S@@]2=O. The summed E-state index contributed by atoms with van der Waals surface area (Å²) in [5.74, 6) is 0.0573. The highest BCUT2D eigenvalue weighted by atomic mass is 35.5. The van der Waals surface area contributed by atoms with Gasteiger partial charge < -0.3 is 15.0 Å². The molecule has 0 bridgehead atoms. The van der Waals surface area contributed by atoms with E-state index in [2.05, 4.69) is 5.32 Å². The topological polar surface area (TPSA) is 75.7 Å². The Morgan fingerprint density at radius 2 is 1.73 bits per heavy atom. The molecule has 5 rings (SSSR count). The van der Waals surface area contributed by atoms with Crippen molar-refractivity contribution in [2.24, 2.45) is 0 Å². The van der Waals surface area contributed by atoms with E-state index in [1.807, 2.05) is 36.4 Å². The van der Waals surface area contributed by atoms with Gasteiger partial charge in [0.1, 0.15) is 5.75 Å². The molecule has 0 saturated heterocycles. The highest BCUT2D eigenvalue weighted by Crippen LogP contribution is 2.36. The lowest BCUT2D eigenvalue weighted by Crippen LogP contribution is -2.31. The van der Waals surface area contributed by atoms with E-state index in [-0.39, 0.29) is 24.9 Å². The predicted molar refractivity (Wildman–Crippen MR) is 144 cm³/mol.